The molecular formula is C18H34O5. The van der Waals surface area contributed by atoms with Gasteiger partial charge in [-0.3, -0.25) is 9.59 Å². The first kappa shape index (κ1) is 21.9. The molecule has 0 aliphatic rings. The summed E-state index contributed by atoms with van der Waals surface area (Å²) in [7, 11) is 1.63. The normalized spacial score (nSPS) is 17.0. The van der Waals surface area contributed by atoms with Gasteiger partial charge >= 0.3 is 11.9 Å². The summed E-state index contributed by atoms with van der Waals surface area (Å²) in [5, 5.41) is 0. The van der Waals surface area contributed by atoms with Crippen LogP contribution in [0.5, 0.6) is 0 Å². The lowest BCUT2D eigenvalue weighted by molar-refractivity contribution is -0.186. The molecule has 0 amide bonds. The SMILES string of the molecule is CCC(C)(C)C(=O)OCOC(=O)C(C)(CC)C(C)(CC)COC. The molecule has 0 aliphatic heterocycles. The zero-order valence-corrected chi connectivity index (χ0v) is 16.1. The minimum atomic E-state index is -0.704. The van der Waals surface area contributed by atoms with Crippen molar-refractivity contribution in [2.45, 2.75) is 67.7 Å². The van der Waals surface area contributed by atoms with Crippen molar-refractivity contribution in [3.05, 3.63) is 0 Å². The van der Waals surface area contributed by atoms with Crippen LogP contribution in [-0.2, 0) is 23.8 Å². The second-order valence-corrected chi connectivity index (χ2v) is 7.25. The molecule has 0 saturated carbocycles. The number of hydrogen-bond acceptors (Lipinski definition) is 5. The standard InChI is InChI=1S/C18H34O5/c1-9-16(4,5)14(19)22-13-23-15(20)18(7,11-3)17(6,10-2)12-21-8/h9-13H2,1-8H3. The highest BCUT2D eigenvalue weighted by molar-refractivity contribution is 5.78. The van der Waals surface area contributed by atoms with E-state index >= 15 is 0 Å². The zero-order chi connectivity index (χ0) is 18.3. The quantitative estimate of drug-likeness (QED) is 0.448. The molecule has 23 heavy (non-hydrogen) atoms. The Morgan fingerprint density at radius 2 is 1.35 bits per heavy atom. The highest BCUT2D eigenvalue weighted by Gasteiger charge is 2.49. The number of esters is 2. The van der Waals surface area contributed by atoms with Crippen molar-refractivity contribution < 1.29 is 23.8 Å². The Bertz CT molecular complexity index is 404. The first-order valence-corrected chi connectivity index (χ1v) is 8.38. The van der Waals surface area contributed by atoms with Gasteiger partial charge in [-0.1, -0.05) is 27.7 Å². The lowest BCUT2D eigenvalue weighted by atomic mass is 9.63. The van der Waals surface area contributed by atoms with Crippen molar-refractivity contribution in [1.29, 1.82) is 0 Å². The molecule has 0 rings (SSSR count). The number of hydrogen-bond donors (Lipinski definition) is 0. The average molecular weight is 330 g/mol. The zero-order valence-electron chi connectivity index (χ0n) is 16.1. The fourth-order valence-electron chi connectivity index (χ4n) is 2.42. The van der Waals surface area contributed by atoms with Gasteiger partial charge in [-0.05, 0) is 40.0 Å². The summed E-state index contributed by atoms with van der Waals surface area (Å²) in [6, 6.07) is 0. The van der Waals surface area contributed by atoms with E-state index in [1.807, 2.05) is 34.6 Å². The average Bonchev–Trinajstić information content (AvgIpc) is 2.53. The molecule has 0 spiro atoms. The second-order valence-electron chi connectivity index (χ2n) is 7.25. The lowest BCUT2D eigenvalue weighted by Gasteiger charge is -2.43. The van der Waals surface area contributed by atoms with Crippen LogP contribution in [0.1, 0.15) is 67.7 Å². The Kier molecular flexibility index (Phi) is 8.25. The van der Waals surface area contributed by atoms with Crippen LogP contribution >= 0.6 is 0 Å². The van der Waals surface area contributed by atoms with E-state index in [1.54, 1.807) is 21.0 Å². The monoisotopic (exact) mass is 330 g/mol. The van der Waals surface area contributed by atoms with E-state index < -0.39 is 10.8 Å². The summed E-state index contributed by atoms with van der Waals surface area (Å²) in [6.45, 7) is 13.5. The van der Waals surface area contributed by atoms with Crippen molar-refractivity contribution in [2.24, 2.45) is 16.2 Å². The van der Waals surface area contributed by atoms with Gasteiger partial charge in [0.1, 0.15) is 0 Å². The third kappa shape index (κ3) is 4.93. The van der Waals surface area contributed by atoms with Crippen LogP contribution in [0.4, 0.5) is 0 Å². The van der Waals surface area contributed by atoms with E-state index in [9.17, 15) is 9.59 Å². The number of carbonyl (C=O) groups excluding carboxylic acids is 2. The first-order valence-electron chi connectivity index (χ1n) is 8.38. The maximum Gasteiger partial charge on any atom is 0.315 e. The summed E-state index contributed by atoms with van der Waals surface area (Å²) < 4.78 is 15.7. The summed E-state index contributed by atoms with van der Waals surface area (Å²) in [4.78, 5) is 24.5. The van der Waals surface area contributed by atoms with Gasteiger partial charge in [0, 0.05) is 12.5 Å². The Labute approximate surface area is 141 Å². The van der Waals surface area contributed by atoms with E-state index in [4.69, 9.17) is 14.2 Å². The van der Waals surface area contributed by atoms with Crippen LogP contribution in [0.3, 0.4) is 0 Å². The van der Waals surface area contributed by atoms with Gasteiger partial charge in [0.15, 0.2) is 0 Å². The number of ether oxygens (including phenoxy) is 3. The minimum Gasteiger partial charge on any atom is -0.427 e. The van der Waals surface area contributed by atoms with Crippen LogP contribution in [-0.4, -0.2) is 32.4 Å². The first-order chi connectivity index (χ1) is 10.5. The van der Waals surface area contributed by atoms with Crippen LogP contribution in [0.25, 0.3) is 0 Å². The van der Waals surface area contributed by atoms with Crippen molar-refractivity contribution in [3.63, 3.8) is 0 Å². The third-order valence-corrected chi connectivity index (χ3v) is 5.55. The highest BCUT2D eigenvalue weighted by Crippen LogP contribution is 2.45. The molecule has 5 nitrogen and oxygen atoms in total. The van der Waals surface area contributed by atoms with Crippen molar-refractivity contribution >= 4 is 11.9 Å². The molecule has 0 aromatic heterocycles. The van der Waals surface area contributed by atoms with Crippen LogP contribution < -0.4 is 0 Å². The smallest absolute Gasteiger partial charge is 0.315 e. The molecule has 0 saturated heterocycles. The van der Waals surface area contributed by atoms with Gasteiger partial charge in [0.05, 0.1) is 17.4 Å². The molecule has 5 heteroatoms. The Morgan fingerprint density at radius 1 is 0.826 bits per heavy atom. The van der Waals surface area contributed by atoms with Crippen molar-refractivity contribution in [3.8, 4) is 0 Å². The molecule has 2 unspecified atom stereocenters. The maximum absolute atomic E-state index is 12.6. The molecule has 0 N–H and O–H groups in total. The number of carbonyl (C=O) groups is 2. The number of rotatable bonds is 10. The van der Waals surface area contributed by atoms with E-state index in [-0.39, 0.29) is 24.1 Å². The molecule has 0 heterocycles. The fraction of sp³-hybridized carbons (Fsp3) is 0.889. The van der Waals surface area contributed by atoms with Crippen LogP contribution in [0, 0.1) is 16.2 Å². The fourth-order valence-corrected chi connectivity index (χ4v) is 2.42. The van der Waals surface area contributed by atoms with Crippen LogP contribution in [0.2, 0.25) is 0 Å². The van der Waals surface area contributed by atoms with Crippen LogP contribution in [0.15, 0.2) is 0 Å². The van der Waals surface area contributed by atoms with Gasteiger partial charge in [0.2, 0.25) is 6.79 Å². The highest BCUT2D eigenvalue weighted by atomic mass is 16.7. The molecule has 136 valence electrons. The molecule has 0 fully saturated rings. The molecule has 0 bridgehead atoms. The number of methoxy groups -OCH3 is 1. The molecule has 2 atom stereocenters. The van der Waals surface area contributed by atoms with Gasteiger partial charge in [-0.25, -0.2) is 0 Å². The molecule has 0 aromatic carbocycles. The van der Waals surface area contributed by atoms with Gasteiger partial charge < -0.3 is 14.2 Å². The van der Waals surface area contributed by atoms with E-state index in [1.165, 1.54) is 0 Å². The summed E-state index contributed by atoms with van der Waals surface area (Å²) in [6.07, 6.45) is 2.06. The molecule has 0 aliphatic carbocycles. The molecule has 0 aromatic rings. The molecule has 0 radical (unpaired) electrons. The Hall–Kier alpha value is -1.10. The summed E-state index contributed by atoms with van der Waals surface area (Å²) >= 11 is 0. The molecular weight excluding hydrogens is 296 g/mol. The predicted octanol–water partition coefficient (Wildman–Crippen LogP) is 3.95. The van der Waals surface area contributed by atoms with E-state index in [2.05, 4.69) is 0 Å². The summed E-state index contributed by atoms with van der Waals surface area (Å²) in [5.74, 6) is -0.718. The van der Waals surface area contributed by atoms with Gasteiger partial charge in [0.25, 0.3) is 0 Å². The van der Waals surface area contributed by atoms with E-state index in [0.717, 1.165) is 6.42 Å². The largest absolute Gasteiger partial charge is 0.427 e. The van der Waals surface area contributed by atoms with E-state index in [0.29, 0.717) is 19.4 Å². The van der Waals surface area contributed by atoms with Gasteiger partial charge in [-0.2, -0.15) is 0 Å². The topological polar surface area (TPSA) is 61.8 Å². The second kappa shape index (κ2) is 8.67. The van der Waals surface area contributed by atoms with Crippen molar-refractivity contribution in [2.75, 3.05) is 20.5 Å². The minimum absolute atomic E-state index is 0.344. The maximum atomic E-state index is 12.6. The summed E-state index contributed by atoms with van der Waals surface area (Å²) in [5.41, 5.74) is -1.63. The van der Waals surface area contributed by atoms with Gasteiger partial charge in [-0.15, -0.1) is 0 Å². The predicted molar refractivity (Wildman–Crippen MR) is 89.8 cm³/mol. The Morgan fingerprint density at radius 3 is 1.74 bits per heavy atom. The Balaban J connectivity index is 4.89. The third-order valence-electron chi connectivity index (χ3n) is 5.55. The van der Waals surface area contributed by atoms with Crippen molar-refractivity contribution in [1.82, 2.24) is 0 Å². The lowest BCUT2D eigenvalue weighted by Crippen LogP contribution is -2.47.